The molecule has 5 heteroatoms. The van der Waals surface area contributed by atoms with Crippen molar-refractivity contribution < 1.29 is 4.74 Å². The average Bonchev–Trinajstić information content (AvgIpc) is 2.50. The highest BCUT2D eigenvalue weighted by Crippen LogP contribution is 2.19. The van der Waals surface area contributed by atoms with E-state index in [0.29, 0.717) is 5.28 Å². The van der Waals surface area contributed by atoms with E-state index in [1.165, 1.54) is 0 Å². The zero-order chi connectivity index (χ0) is 10.7. The first-order valence-electron chi connectivity index (χ1n) is 5.09. The van der Waals surface area contributed by atoms with Crippen LogP contribution in [0.5, 0.6) is 0 Å². The largest absolute Gasteiger partial charge is 0.380 e. The van der Waals surface area contributed by atoms with Crippen LogP contribution in [0.3, 0.4) is 0 Å². The Labute approximate surface area is 94.2 Å². The maximum Gasteiger partial charge on any atom is 0.224 e. The maximum absolute atomic E-state index is 5.80. The monoisotopic (exact) mass is 227 g/mol. The molecule has 15 heavy (non-hydrogen) atoms. The Bertz CT molecular complexity index is 337. The van der Waals surface area contributed by atoms with Gasteiger partial charge in [0.05, 0.1) is 6.61 Å². The normalized spacial score (nSPS) is 17.6. The highest BCUT2D eigenvalue weighted by Gasteiger charge is 2.14. The van der Waals surface area contributed by atoms with Crippen LogP contribution in [-0.2, 0) is 4.74 Å². The molecule has 0 amide bonds. The van der Waals surface area contributed by atoms with Crippen molar-refractivity contribution in [1.29, 1.82) is 0 Å². The predicted molar refractivity (Wildman–Crippen MR) is 59.4 cm³/mol. The fourth-order valence-electron chi connectivity index (χ4n) is 1.69. The van der Waals surface area contributed by atoms with Crippen LogP contribution < -0.4 is 4.90 Å². The molecule has 0 radical (unpaired) electrons. The van der Waals surface area contributed by atoms with Crippen LogP contribution in [0.25, 0.3) is 0 Å². The van der Waals surface area contributed by atoms with Gasteiger partial charge >= 0.3 is 0 Å². The molecule has 0 aromatic carbocycles. The van der Waals surface area contributed by atoms with E-state index >= 15 is 0 Å². The molecule has 2 heterocycles. The molecule has 0 saturated carbocycles. The SMILES string of the molecule is Cc1cnc(Cl)nc1N1CCCOCC1. The van der Waals surface area contributed by atoms with Gasteiger partial charge in [-0.25, -0.2) is 9.97 Å². The number of anilines is 1. The second-order valence-electron chi connectivity index (χ2n) is 3.60. The Hall–Kier alpha value is -0.870. The van der Waals surface area contributed by atoms with Crippen molar-refractivity contribution in [3.8, 4) is 0 Å². The summed E-state index contributed by atoms with van der Waals surface area (Å²) in [4.78, 5) is 10.4. The van der Waals surface area contributed by atoms with Gasteiger partial charge in [0.2, 0.25) is 5.28 Å². The molecule has 0 unspecified atom stereocenters. The first-order valence-corrected chi connectivity index (χ1v) is 5.47. The number of hydrogen-bond donors (Lipinski definition) is 0. The van der Waals surface area contributed by atoms with Crippen LogP contribution in [0.4, 0.5) is 5.82 Å². The molecule has 1 aliphatic rings. The summed E-state index contributed by atoms with van der Waals surface area (Å²) in [5, 5.41) is 0.306. The number of nitrogens with zero attached hydrogens (tertiary/aromatic N) is 3. The van der Waals surface area contributed by atoms with Gasteiger partial charge in [-0.15, -0.1) is 0 Å². The Morgan fingerprint density at radius 2 is 2.27 bits per heavy atom. The lowest BCUT2D eigenvalue weighted by Crippen LogP contribution is -2.27. The molecule has 1 saturated heterocycles. The lowest BCUT2D eigenvalue weighted by Gasteiger charge is -2.22. The minimum absolute atomic E-state index is 0.306. The standard InChI is InChI=1S/C10H14ClN3O/c1-8-7-12-10(11)13-9(8)14-3-2-5-15-6-4-14/h7H,2-6H2,1H3. The minimum Gasteiger partial charge on any atom is -0.380 e. The van der Waals surface area contributed by atoms with E-state index in [0.717, 1.165) is 44.1 Å². The Morgan fingerprint density at radius 1 is 1.40 bits per heavy atom. The molecule has 0 N–H and O–H groups in total. The van der Waals surface area contributed by atoms with E-state index in [9.17, 15) is 0 Å². The zero-order valence-electron chi connectivity index (χ0n) is 8.74. The summed E-state index contributed by atoms with van der Waals surface area (Å²) >= 11 is 5.80. The van der Waals surface area contributed by atoms with E-state index in [4.69, 9.17) is 16.3 Å². The van der Waals surface area contributed by atoms with Crippen molar-refractivity contribution in [2.75, 3.05) is 31.2 Å². The summed E-state index contributed by atoms with van der Waals surface area (Å²) in [5.41, 5.74) is 1.06. The molecular formula is C10H14ClN3O. The highest BCUT2D eigenvalue weighted by atomic mass is 35.5. The number of halogens is 1. The summed E-state index contributed by atoms with van der Waals surface area (Å²) in [7, 11) is 0. The highest BCUT2D eigenvalue weighted by molar-refractivity contribution is 6.28. The van der Waals surface area contributed by atoms with Gasteiger partial charge in [0.15, 0.2) is 0 Å². The number of aromatic nitrogens is 2. The van der Waals surface area contributed by atoms with Gasteiger partial charge in [-0.3, -0.25) is 0 Å². The maximum atomic E-state index is 5.80. The molecule has 0 spiro atoms. The van der Waals surface area contributed by atoms with Crippen LogP contribution >= 0.6 is 11.6 Å². The van der Waals surface area contributed by atoms with Crippen molar-refractivity contribution in [2.24, 2.45) is 0 Å². The van der Waals surface area contributed by atoms with Gasteiger partial charge in [0, 0.05) is 31.5 Å². The Balaban J connectivity index is 2.22. The predicted octanol–water partition coefficient (Wildman–Crippen LogP) is 1.67. The number of hydrogen-bond acceptors (Lipinski definition) is 4. The van der Waals surface area contributed by atoms with Gasteiger partial charge in [-0.1, -0.05) is 0 Å². The van der Waals surface area contributed by atoms with Gasteiger partial charge < -0.3 is 9.64 Å². The van der Waals surface area contributed by atoms with Gasteiger partial charge in [0.1, 0.15) is 5.82 Å². The summed E-state index contributed by atoms with van der Waals surface area (Å²) < 4.78 is 5.40. The Kier molecular flexibility index (Phi) is 3.38. The average molecular weight is 228 g/mol. The third kappa shape index (κ3) is 2.58. The molecule has 0 aliphatic carbocycles. The second-order valence-corrected chi connectivity index (χ2v) is 3.94. The molecule has 0 bridgehead atoms. The number of ether oxygens (including phenoxy) is 1. The van der Waals surface area contributed by atoms with E-state index < -0.39 is 0 Å². The van der Waals surface area contributed by atoms with Crippen LogP contribution in [-0.4, -0.2) is 36.3 Å². The fraction of sp³-hybridized carbons (Fsp3) is 0.600. The third-order valence-electron chi connectivity index (χ3n) is 2.44. The van der Waals surface area contributed by atoms with Crippen LogP contribution in [0.1, 0.15) is 12.0 Å². The molecular weight excluding hydrogens is 214 g/mol. The van der Waals surface area contributed by atoms with Crippen molar-refractivity contribution in [3.05, 3.63) is 17.0 Å². The van der Waals surface area contributed by atoms with Crippen LogP contribution in [0, 0.1) is 6.92 Å². The minimum atomic E-state index is 0.306. The molecule has 1 aromatic heterocycles. The van der Waals surface area contributed by atoms with Crippen molar-refractivity contribution in [2.45, 2.75) is 13.3 Å². The van der Waals surface area contributed by atoms with E-state index in [2.05, 4.69) is 14.9 Å². The van der Waals surface area contributed by atoms with Gasteiger partial charge in [-0.05, 0) is 24.9 Å². The number of aryl methyl sites for hydroxylation is 1. The third-order valence-corrected chi connectivity index (χ3v) is 2.62. The van der Waals surface area contributed by atoms with E-state index in [-0.39, 0.29) is 0 Å². The first kappa shape index (κ1) is 10.6. The molecule has 4 nitrogen and oxygen atoms in total. The summed E-state index contributed by atoms with van der Waals surface area (Å²) in [5.74, 6) is 0.931. The molecule has 82 valence electrons. The van der Waals surface area contributed by atoms with Crippen LogP contribution in [0.15, 0.2) is 6.20 Å². The number of rotatable bonds is 1. The smallest absolute Gasteiger partial charge is 0.224 e. The molecule has 0 atom stereocenters. The second kappa shape index (κ2) is 4.77. The van der Waals surface area contributed by atoms with Crippen molar-refractivity contribution in [1.82, 2.24) is 9.97 Å². The summed E-state index contributed by atoms with van der Waals surface area (Å²) in [6.07, 6.45) is 2.79. The van der Waals surface area contributed by atoms with Gasteiger partial charge in [0.25, 0.3) is 0 Å². The summed E-state index contributed by atoms with van der Waals surface area (Å²) in [6.45, 7) is 5.41. The molecule has 1 aliphatic heterocycles. The van der Waals surface area contributed by atoms with Crippen molar-refractivity contribution in [3.63, 3.8) is 0 Å². The Morgan fingerprint density at radius 3 is 3.13 bits per heavy atom. The lowest BCUT2D eigenvalue weighted by molar-refractivity contribution is 0.152. The molecule has 1 aromatic rings. The zero-order valence-corrected chi connectivity index (χ0v) is 9.50. The van der Waals surface area contributed by atoms with Crippen LogP contribution in [0.2, 0.25) is 5.28 Å². The first-order chi connectivity index (χ1) is 7.27. The van der Waals surface area contributed by atoms with E-state index in [1.807, 2.05) is 6.92 Å². The quantitative estimate of drug-likeness (QED) is 0.684. The fourth-order valence-corrected chi connectivity index (χ4v) is 1.82. The topological polar surface area (TPSA) is 38.2 Å². The summed E-state index contributed by atoms with van der Waals surface area (Å²) in [6, 6.07) is 0. The lowest BCUT2D eigenvalue weighted by atomic mass is 10.3. The van der Waals surface area contributed by atoms with Crippen molar-refractivity contribution >= 4 is 17.4 Å². The van der Waals surface area contributed by atoms with E-state index in [1.54, 1.807) is 6.20 Å². The molecule has 2 rings (SSSR count). The molecule has 1 fully saturated rings. The van der Waals surface area contributed by atoms with Gasteiger partial charge in [-0.2, -0.15) is 0 Å².